The van der Waals surface area contributed by atoms with Crippen molar-refractivity contribution in [3.05, 3.63) is 0 Å². The first-order valence-corrected chi connectivity index (χ1v) is 25.1. The molecule has 60 heavy (non-hydrogen) atoms. The van der Waals surface area contributed by atoms with Crippen molar-refractivity contribution in [2.75, 3.05) is 13.2 Å². The summed E-state index contributed by atoms with van der Waals surface area (Å²) in [5, 5.41) is 39.9. The van der Waals surface area contributed by atoms with E-state index in [4.69, 9.17) is 18.9 Å². The number of esters is 2. The fourth-order valence-corrected chi connectivity index (χ4v) is 8.00. The average molecular weight is 857 g/mol. The molecular formula is C49H92O11. The van der Waals surface area contributed by atoms with Gasteiger partial charge in [0.2, 0.25) is 0 Å². The normalized spacial score (nSPS) is 19.6. The van der Waals surface area contributed by atoms with Crippen molar-refractivity contribution in [1.82, 2.24) is 0 Å². The van der Waals surface area contributed by atoms with Gasteiger partial charge in [-0.05, 0) is 12.8 Å². The van der Waals surface area contributed by atoms with E-state index in [0.29, 0.717) is 12.8 Å². The Balaban J connectivity index is 2.30. The van der Waals surface area contributed by atoms with Crippen molar-refractivity contribution in [3.8, 4) is 0 Å². The molecule has 0 aliphatic carbocycles. The van der Waals surface area contributed by atoms with E-state index in [-0.39, 0.29) is 26.1 Å². The highest BCUT2D eigenvalue weighted by Crippen LogP contribution is 2.23. The Kier molecular flexibility index (Phi) is 37.5. The van der Waals surface area contributed by atoms with Crippen LogP contribution < -0.4 is 0 Å². The number of ether oxygens (including phenoxy) is 4. The van der Waals surface area contributed by atoms with Crippen LogP contribution in [-0.4, -0.2) is 88.4 Å². The van der Waals surface area contributed by atoms with Crippen molar-refractivity contribution in [1.29, 1.82) is 0 Å². The smallest absolute Gasteiger partial charge is 0.335 e. The first kappa shape index (κ1) is 56.2. The highest BCUT2D eigenvalue weighted by molar-refractivity contribution is 5.73. The second kappa shape index (κ2) is 40.0. The number of aliphatic hydroxyl groups excluding tert-OH is 3. The Morgan fingerprint density at radius 1 is 0.450 bits per heavy atom. The van der Waals surface area contributed by atoms with E-state index >= 15 is 0 Å². The van der Waals surface area contributed by atoms with Crippen LogP contribution in [0.1, 0.15) is 245 Å². The summed E-state index contributed by atoms with van der Waals surface area (Å²) in [6.07, 6.45) is 32.9. The summed E-state index contributed by atoms with van der Waals surface area (Å²) < 4.78 is 21.8. The van der Waals surface area contributed by atoms with Crippen LogP contribution in [0.4, 0.5) is 0 Å². The lowest BCUT2D eigenvalue weighted by molar-refractivity contribution is -0.298. The molecule has 0 aromatic rings. The number of carboxylic acid groups (broad SMARTS) is 1. The zero-order valence-corrected chi connectivity index (χ0v) is 38.5. The summed E-state index contributed by atoms with van der Waals surface area (Å²) in [4.78, 5) is 36.9. The summed E-state index contributed by atoms with van der Waals surface area (Å²) in [5.41, 5.74) is 0. The van der Waals surface area contributed by atoms with Gasteiger partial charge >= 0.3 is 17.9 Å². The molecule has 0 radical (unpaired) electrons. The molecule has 0 spiro atoms. The van der Waals surface area contributed by atoms with Gasteiger partial charge in [-0.15, -0.1) is 0 Å². The number of carboxylic acids is 1. The number of hydrogen-bond donors (Lipinski definition) is 4. The second-order valence-electron chi connectivity index (χ2n) is 17.7. The lowest BCUT2D eigenvalue weighted by Gasteiger charge is -2.38. The van der Waals surface area contributed by atoms with Crippen molar-refractivity contribution in [2.45, 2.75) is 282 Å². The number of carbonyl (C=O) groups excluding carboxylic acids is 2. The van der Waals surface area contributed by atoms with E-state index in [9.17, 15) is 34.8 Å². The van der Waals surface area contributed by atoms with Crippen LogP contribution in [0.5, 0.6) is 0 Å². The maximum absolute atomic E-state index is 12.8. The SMILES string of the molecule is CCCCCCCCCCCCCCCCCCCC(=O)OCC(COC1OC(C(=O)O)C(O)C(O)C1O)OC(=O)CCCCCCCCCCCCCCCCCCC. The number of aliphatic hydroxyl groups is 3. The predicted octanol–water partition coefficient (Wildman–Crippen LogP) is 11.4. The summed E-state index contributed by atoms with van der Waals surface area (Å²) >= 11 is 0. The fraction of sp³-hybridized carbons (Fsp3) is 0.939. The molecule has 6 unspecified atom stereocenters. The molecule has 1 saturated heterocycles. The lowest BCUT2D eigenvalue weighted by Crippen LogP contribution is -2.60. The molecule has 4 N–H and O–H groups in total. The van der Waals surface area contributed by atoms with Gasteiger partial charge in [0, 0.05) is 12.8 Å². The van der Waals surface area contributed by atoms with Gasteiger partial charge in [0.25, 0.3) is 0 Å². The van der Waals surface area contributed by atoms with Crippen LogP contribution in [0.15, 0.2) is 0 Å². The van der Waals surface area contributed by atoms with Gasteiger partial charge in [0.1, 0.15) is 24.9 Å². The Hall–Kier alpha value is -1.79. The van der Waals surface area contributed by atoms with Gasteiger partial charge in [-0.1, -0.05) is 219 Å². The lowest BCUT2D eigenvalue weighted by atomic mass is 9.99. The first-order chi connectivity index (χ1) is 29.2. The van der Waals surface area contributed by atoms with E-state index in [0.717, 1.165) is 38.5 Å². The van der Waals surface area contributed by atoms with E-state index < -0.39 is 54.7 Å². The third-order valence-corrected chi connectivity index (χ3v) is 12.0. The molecule has 0 saturated carbocycles. The zero-order valence-electron chi connectivity index (χ0n) is 38.5. The molecule has 1 aliphatic heterocycles. The van der Waals surface area contributed by atoms with E-state index in [2.05, 4.69) is 13.8 Å². The largest absolute Gasteiger partial charge is 0.479 e. The topological polar surface area (TPSA) is 169 Å². The number of aliphatic carboxylic acids is 1. The summed E-state index contributed by atoms with van der Waals surface area (Å²) in [7, 11) is 0. The van der Waals surface area contributed by atoms with E-state index in [1.165, 1.54) is 167 Å². The second-order valence-corrected chi connectivity index (χ2v) is 17.7. The maximum atomic E-state index is 12.8. The first-order valence-electron chi connectivity index (χ1n) is 25.1. The van der Waals surface area contributed by atoms with Gasteiger partial charge in [-0.25, -0.2) is 4.79 Å². The molecule has 1 fully saturated rings. The molecule has 11 heteroatoms. The standard InChI is InChI=1S/C49H92O11/c1-3-5-7-9-11-13-15-17-19-21-23-25-27-29-31-33-35-37-42(50)57-39-41(40-58-49-46(54)44(52)45(53)47(60-49)48(55)56)59-43(51)38-36-34-32-30-28-26-24-22-20-18-16-14-12-10-8-6-4-2/h41,44-47,49,52-54H,3-40H2,1-2H3,(H,55,56). The Morgan fingerprint density at radius 3 is 1.13 bits per heavy atom. The van der Waals surface area contributed by atoms with Crippen molar-refractivity contribution in [3.63, 3.8) is 0 Å². The highest BCUT2D eigenvalue weighted by Gasteiger charge is 2.47. The third kappa shape index (κ3) is 31.1. The van der Waals surface area contributed by atoms with Gasteiger partial charge in [0.15, 0.2) is 18.5 Å². The Bertz CT molecular complexity index is 1010. The maximum Gasteiger partial charge on any atom is 0.335 e. The molecule has 0 bridgehead atoms. The number of carbonyl (C=O) groups is 3. The van der Waals surface area contributed by atoms with Gasteiger partial charge in [0.05, 0.1) is 6.61 Å². The zero-order chi connectivity index (χ0) is 43.9. The van der Waals surface area contributed by atoms with Crippen LogP contribution >= 0.6 is 0 Å². The van der Waals surface area contributed by atoms with Crippen molar-refractivity contribution >= 4 is 17.9 Å². The minimum absolute atomic E-state index is 0.191. The molecule has 1 aliphatic rings. The monoisotopic (exact) mass is 857 g/mol. The fourth-order valence-electron chi connectivity index (χ4n) is 8.00. The molecule has 11 nitrogen and oxygen atoms in total. The molecule has 1 heterocycles. The predicted molar refractivity (Wildman–Crippen MR) is 239 cm³/mol. The minimum atomic E-state index is -1.86. The van der Waals surface area contributed by atoms with E-state index in [1.54, 1.807) is 0 Å². The van der Waals surface area contributed by atoms with Crippen LogP contribution in [0, 0.1) is 0 Å². The van der Waals surface area contributed by atoms with Gasteiger partial charge < -0.3 is 39.4 Å². The van der Waals surface area contributed by atoms with E-state index in [1.807, 2.05) is 0 Å². The molecule has 1 rings (SSSR count). The van der Waals surface area contributed by atoms with Gasteiger partial charge in [-0.2, -0.15) is 0 Å². The summed E-state index contributed by atoms with van der Waals surface area (Å²) in [6.45, 7) is 3.86. The van der Waals surface area contributed by atoms with Crippen molar-refractivity contribution < 1.29 is 53.8 Å². The highest BCUT2D eigenvalue weighted by atomic mass is 16.7. The number of rotatable bonds is 43. The summed E-state index contributed by atoms with van der Waals surface area (Å²) in [6, 6.07) is 0. The summed E-state index contributed by atoms with van der Waals surface area (Å²) in [5.74, 6) is -2.42. The van der Waals surface area contributed by atoms with Crippen molar-refractivity contribution in [2.24, 2.45) is 0 Å². The molecule has 0 aromatic carbocycles. The molecule has 0 aromatic heterocycles. The Labute approximate surface area is 365 Å². The van der Waals surface area contributed by atoms with Gasteiger partial charge in [-0.3, -0.25) is 9.59 Å². The van der Waals surface area contributed by atoms with Crippen LogP contribution in [-0.2, 0) is 33.3 Å². The number of hydrogen-bond acceptors (Lipinski definition) is 10. The number of unbranched alkanes of at least 4 members (excludes halogenated alkanes) is 32. The quantitative estimate of drug-likeness (QED) is 0.0340. The minimum Gasteiger partial charge on any atom is -0.479 e. The van der Waals surface area contributed by atoms with Crippen LogP contribution in [0.25, 0.3) is 0 Å². The van der Waals surface area contributed by atoms with Crippen LogP contribution in [0.2, 0.25) is 0 Å². The molecule has 354 valence electrons. The molecule has 6 atom stereocenters. The molecular weight excluding hydrogens is 765 g/mol. The molecule has 0 amide bonds. The third-order valence-electron chi connectivity index (χ3n) is 12.0. The van der Waals surface area contributed by atoms with Crippen LogP contribution in [0.3, 0.4) is 0 Å². The Morgan fingerprint density at radius 2 is 0.783 bits per heavy atom. The average Bonchev–Trinajstić information content (AvgIpc) is 3.23.